The first kappa shape index (κ1) is 20.3. The number of ether oxygens (including phenoxy) is 1. The number of rotatable bonds is 8. The molecule has 0 aliphatic heterocycles. The number of fused-ring (bicyclic) bond motifs is 1. The van der Waals surface area contributed by atoms with E-state index >= 15 is 0 Å². The SMILES string of the molecule is COc1c(CN(C)CC2CC2)c(C=O)c(O)c2ncc(Cc3ccc(F)cc3)cc12. The number of carbonyl (C=O) groups is 1. The van der Waals surface area contributed by atoms with Crippen molar-refractivity contribution in [2.75, 3.05) is 20.7 Å². The van der Waals surface area contributed by atoms with Gasteiger partial charge in [-0.15, -0.1) is 0 Å². The van der Waals surface area contributed by atoms with E-state index in [9.17, 15) is 14.3 Å². The topological polar surface area (TPSA) is 62.7 Å². The number of phenolic OH excluding ortho intramolecular Hbond substituents is 1. The predicted octanol–water partition coefficient (Wildman–Crippen LogP) is 4.33. The highest BCUT2D eigenvalue weighted by molar-refractivity contribution is 5.99. The molecular weight excluding hydrogens is 383 g/mol. The van der Waals surface area contributed by atoms with Crippen molar-refractivity contribution in [1.82, 2.24) is 9.88 Å². The smallest absolute Gasteiger partial charge is 0.154 e. The zero-order valence-electron chi connectivity index (χ0n) is 17.2. The van der Waals surface area contributed by atoms with E-state index in [-0.39, 0.29) is 17.1 Å². The summed E-state index contributed by atoms with van der Waals surface area (Å²) >= 11 is 0. The Labute approximate surface area is 175 Å². The number of aldehydes is 1. The zero-order chi connectivity index (χ0) is 21.3. The van der Waals surface area contributed by atoms with Gasteiger partial charge in [0.2, 0.25) is 0 Å². The van der Waals surface area contributed by atoms with Crippen LogP contribution in [0, 0.1) is 11.7 Å². The van der Waals surface area contributed by atoms with Crippen LogP contribution in [0.4, 0.5) is 4.39 Å². The van der Waals surface area contributed by atoms with Gasteiger partial charge in [0.15, 0.2) is 12.0 Å². The molecule has 0 saturated heterocycles. The molecule has 1 N–H and O–H groups in total. The summed E-state index contributed by atoms with van der Waals surface area (Å²) in [4.78, 5) is 18.4. The molecule has 1 heterocycles. The van der Waals surface area contributed by atoms with Crippen LogP contribution in [0.1, 0.15) is 39.9 Å². The molecule has 156 valence electrons. The molecule has 1 fully saturated rings. The van der Waals surface area contributed by atoms with E-state index in [1.807, 2.05) is 13.1 Å². The number of pyridine rings is 1. The molecule has 0 atom stereocenters. The van der Waals surface area contributed by atoms with Crippen LogP contribution >= 0.6 is 0 Å². The summed E-state index contributed by atoms with van der Waals surface area (Å²) in [7, 11) is 3.58. The Balaban J connectivity index is 1.76. The average molecular weight is 408 g/mol. The van der Waals surface area contributed by atoms with Crippen LogP contribution < -0.4 is 4.74 Å². The van der Waals surface area contributed by atoms with Gasteiger partial charge in [0.05, 0.1) is 12.7 Å². The maximum absolute atomic E-state index is 13.2. The molecule has 3 aromatic rings. The monoisotopic (exact) mass is 408 g/mol. The van der Waals surface area contributed by atoms with E-state index in [1.54, 1.807) is 25.4 Å². The maximum Gasteiger partial charge on any atom is 0.154 e. The van der Waals surface area contributed by atoms with Crippen molar-refractivity contribution in [2.45, 2.75) is 25.8 Å². The van der Waals surface area contributed by atoms with Gasteiger partial charge < -0.3 is 14.7 Å². The molecule has 1 saturated carbocycles. The maximum atomic E-state index is 13.2. The molecule has 4 rings (SSSR count). The normalized spacial score (nSPS) is 13.7. The Bertz CT molecular complexity index is 1080. The van der Waals surface area contributed by atoms with E-state index in [0.717, 1.165) is 17.7 Å². The number of benzene rings is 2. The third-order valence-electron chi connectivity index (χ3n) is 5.61. The van der Waals surface area contributed by atoms with Crippen LogP contribution in [-0.2, 0) is 13.0 Å². The zero-order valence-corrected chi connectivity index (χ0v) is 17.2. The molecule has 30 heavy (non-hydrogen) atoms. The standard InChI is InChI=1S/C24H25FN2O3/c1-27(12-16-3-4-16)13-20-21(14-28)23(29)22-19(24(20)30-2)10-17(11-26-22)9-15-5-7-18(25)8-6-15/h5-8,10-11,14,16,29H,3-4,9,12-13H2,1-2H3. The third-order valence-corrected chi connectivity index (χ3v) is 5.61. The van der Waals surface area contributed by atoms with E-state index < -0.39 is 0 Å². The van der Waals surface area contributed by atoms with E-state index in [2.05, 4.69) is 9.88 Å². The Morgan fingerprint density at radius 2 is 2.00 bits per heavy atom. The summed E-state index contributed by atoms with van der Waals surface area (Å²) < 4.78 is 18.9. The highest BCUT2D eigenvalue weighted by Crippen LogP contribution is 2.40. The summed E-state index contributed by atoms with van der Waals surface area (Å²) in [6.07, 6.45) is 5.38. The highest BCUT2D eigenvalue weighted by atomic mass is 19.1. The number of carbonyl (C=O) groups excluding carboxylic acids is 1. The lowest BCUT2D eigenvalue weighted by molar-refractivity contribution is 0.111. The molecular formula is C24H25FN2O3. The number of phenols is 1. The summed E-state index contributed by atoms with van der Waals surface area (Å²) in [5.74, 6) is 0.868. The van der Waals surface area contributed by atoms with Crippen LogP contribution in [0.15, 0.2) is 36.5 Å². The summed E-state index contributed by atoms with van der Waals surface area (Å²) in [6, 6.07) is 8.26. The van der Waals surface area contributed by atoms with Gasteiger partial charge in [-0.2, -0.15) is 0 Å². The first-order valence-corrected chi connectivity index (χ1v) is 10.1. The Kier molecular flexibility index (Phi) is 5.68. The number of halogens is 1. The van der Waals surface area contributed by atoms with Crippen LogP contribution in [0.5, 0.6) is 11.5 Å². The number of hydrogen-bond donors (Lipinski definition) is 1. The molecule has 0 spiro atoms. The largest absolute Gasteiger partial charge is 0.505 e. The molecule has 0 radical (unpaired) electrons. The lowest BCUT2D eigenvalue weighted by atomic mass is 9.98. The molecule has 5 nitrogen and oxygen atoms in total. The Hall–Kier alpha value is -2.99. The number of aromatic hydroxyl groups is 1. The molecule has 0 amide bonds. The van der Waals surface area contributed by atoms with Gasteiger partial charge >= 0.3 is 0 Å². The highest BCUT2D eigenvalue weighted by Gasteiger charge is 2.26. The first-order valence-electron chi connectivity index (χ1n) is 10.1. The van der Waals surface area contributed by atoms with Crippen molar-refractivity contribution in [1.29, 1.82) is 0 Å². The van der Waals surface area contributed by atoms with Crippen molar-refractivity contribution in [2.24, 2.45) is 5.92 Å². The first-order chi connectivity index (χ1) is 14.5. The van der Waals surface area contributed by atoms with Gasteiger partial charge in [-0.05, 0) is 61.6 Å². The van der Waals surface area contributed by atoms with Crippen molar-refractivity contribution in [3.05, 3.63) is 64.6 Å². The van der Waals surface area contributed by atoms with Crippen molar-refractivity contribution < 1.29 is 19.0 Å². The van der Waals surface area contributed by atoms with E-state index in [4.69, 9.17) is 4.74 Å². The molecule has 2 aromatic carbocycles. The van der Waals surface area contributed by atoms with Gasteiger partial charge in [-0.25, -0.2) is 4.39 Å². The Morgan fingerprint density at radius 1 is 1.27 bits per heavy atom. The molecule has 1 aliphatic carbocycles. The van der Waals surface area contributed by atoms with E-state index in [0.29, 0.717) is 47.4 Å². The summed E-state index contributed by atoms with van der Waals surface area (Å²) in [5.41, 5.74) is 3.09. The van der Waals surface area contributed by atoms with Gasteiger partial charge in [0.25, 0.3) is 0 Å². The molecule has 1 aliphatic rings. The van der Waals surface area contributed by atoms with Crippen LogP contribution in [0.25, 0.3) is 10.9 Å². The molecule has 0 bridgehead atoms. The second kappa shape index (κ2) is 8.40. The van der Waals surface area contributed by atoms with Crippen molar-refractivity contribution in [3.8, 4) is 11.5 Å². The second-order valence-electron chi connectivity index (χ2n) is 8.08. The fourth-order valence-corrected chi connectivity index (χ4v) is 3.95. The molecule has 1 aromatic heterocycles. The Morgan fingerprint density at radius 3 is 2.63 bits per heavy atom. The molecule has 0 unspecified atom stereocenters. The van der Waals surface area contributed by atoms with Gasteiger partial charge in [0.1, 0.15) is 17.1 Å². The fourth-order valence-electron chi connectivity index (χ4n) is 3.95. The second-order valence-corrected chi connectivity index (χ2v) is 8.08. The lowest BCUT2D eigenvalue weighted by Crippen LogP contribution is -2.21. The summed E-state index contributed by atoms with van der Waals surface area (Å²) in [6.45, 7) is 1.45. The summed E-state index contributed by atoms with van der Waals surface area (Å²) in [5, 5.41) is 11.4. The lowest BCUT2D eigenvalue weighted by Gasteiger charge is -2.21. The van der Waals surface area contributed by atoms with Gasteiger partial charge in [-0.3, -0.25) is 9.78 Å². The third kappa shape index (κ3) is 4.14. The van der Waals surface area contributed by atoms with Crippen LogP contribution in [0.2, 0.25) is 0 Å². The quantitative estimate of drug-likeness (QED) is 0.562. The number of aromatic nitrogens is 1. The average Bonchev–Trinajstić information content (AvgIpc) is 3.54. The van der Waals surface area contributed by atoms with Crippen molar-refractivity contribution in [3.63, 3.8) is 0 Å². The van der Waals surface area contributed by atoms with Gasteiger partial charge in [-0.1, -0.05) is 12.1 Å². The minimum Gasteiger partial charge on any atom is -0.505 e. The number of hydrogen-bond acceptors (Lipinski definition) is 5. The van der Waals surface area contributed by atoms with Gasteiger partial charge in [0, 0.05) is 30.2 Å². The van der Waals surface area contributed by atoms with Crippen LogP contribution in [0.3, 0.4) is 0 Å². The minimum absolute atomic E-state index is 0.121. The molecule has 6 heteroatoms. The predicted molar refractivity (Wildman–Crippen MR) is 114 cm³/mol. The van der Waals surface area contributed by atoms with E-state index in [1.165, 1.54) is 25.0 Å². The minimum atomic E-state index is -0.275. The number of nitrogens with zero attached hydrogens (tertiary/aromatic N) is 2. The van der Waals surface area contributed by atoms with Crippen LogP contribution in [-0.4, -0.2) is 42.0 Å². The fraction of sp³-hybridized carbons (Fsp3) is 0.333. The number of methoxy groups -OCH3 is 1. The van der Waals surface area contributed by atoms with Crippen molar-refractivity contribution >= 4 is 17.2 Å².